The Balaban J connectivity index is 1.34. The van der Waals surface area contributed by atoms with Gasteiger partial charge in [-0.2, -0.15) is 5.26 Å². The molecule has 1 aromatic rings. The SMILES string of the molecule is CNC(=O)N1CC2CN(CCCNc3ccc(C#N)cc3)CC2C1. The Hall–Kier alpha value is -2.26. The summed E-state index contributed by atoms with van der Waals surface area (Å²) in [4.78, 5) is 16.2. The Morgan fingerprint density at radius 2 is 1.88 bits per heavy atom. The Labute approximate surface area is 143 Å². The van der Waals surface area contributed by atoms with Gasteiger partial charge in [0.2, 0.25) is 0 Å². The molecule has 2 fully saturated rings. The highest BCUT2D eigenvalue weighted by Crippen LogP contribution is 2.30. The lowest BCUT2D eigenvalue weighted by Crippen LogP contribution is -2.38. The molecule has 0 bridgehead atoms. The van der Waals surface area contributed by atoms with E-state index in [4.69, 9.17) is 5.26 Å². The number of fused-ring (bicyclic) bond motifs is 1. The van der Waals surface area contributed by atoms with Crippen LogP contribution in [0.15, 0.2) is 24.3 Å². The summed E-state index contributed by atoms with van der Waals surface area (Å²) >= 11 is 0. The molecule has 24 heavy (non-hydrogen) atoms. The largest absolute Gasteiger partial charge is 0.385 e. The van der Waals surface area contributed by atoms with Gasteiger partial charge in [-0.3, -0.25) is 0 Å². The van der Waals surface area contributed by atoms with Gasteiger partial charge >= 0.3 is 6.03 Å². The molecule has 2 aliphatic heterocycles. The van der Waals surface area contributed by atoms with Crippen molar-refractivity contribution < 1.29 is 4.79 Å². The number of urea groups is 1. The number of anilines is 1. The number of hydrogen-bond acceptors (Lipinski definition) is 4. The molecule has 3 rings (SSSR count). The first-order chi connectivity index (χ1) is 11.7. The highest BCUT2D eigenvalue weighted by atomic mass is 16.2. The van der Waals surface area contributed by atoms with Gasteiger partial charge in [-0.25, -0.2) is 4.79 Å². The van der Waals surface area contributed by atoms with E-state index in [-0.39, 0.29) is 6.03 Å². The highest BCUT2D eigenvalue weighted by Gasteiger charge is 2.40. The number of nitriles is 1. The number of rotatable bonds is 5. The van der Waals surface area contributed by atoms with Crippen LogP contribution in [0.1, 0.15) is 12.0 Å². The van der Waals surface area contributed by atoms with Gasteiger partial charge in [0.1, 0.15) is 0 Å². The molecule has 2 aliphatic rings. The summed E-state index contributed by atoms with van der Waals surface area (Å²) in [7, 11) is 1.70. The Morgan fingerprint density at radius 1 is 1.21 bits per heavy atom. The van der Waals surface area contributed by atoms with E-state index in [1.54, 1.807) is 7.05 Å². The van der Waals surface area contributed by atoms with Gasteiger partial charge in [0.25, 0.3) is 0 Å². The maximum Gasteiger partial charge on any atom is 0.317 e. The Kier molecular flexibility index (Phi) is 5.21. The quantitative estimate of drug-likeness (QED) is 0.805. The van der Waals surface area contributed by atoms with Crippen LogP contribution < -0.4 is 10.6 Å². The number of hydrogen-bond donors (Lipinski definition) is 2. The van der Waals surface area contributed by atoms with Crippen LogP contribution in [-0.4, -0.2) is 62.1 Å². The second-order valence-corrected chi connectivity index (χ2v) is 6.71. The minimum Gasteiger partial charge on any atom is -0.385 e. The van der Waals surface area contributed by atoms with Gasteiger partial charge < -0.3 is 20.4 Å². The monoisotopic (exact) mass is 327 g/mol. The van der Waals surface area contributed by atoms with Crippen LogP contribution in [0.25, 0.3) is 0 Å². The molecular formula is C18H25N5O. The number of nitrogens with one attached hydrogen (secondary N) is 2. The van der Waals surface area contributed by atoms with Crippen LogP contribution in [0.3, 0.4) is 0 Å². The molecule has 2 saturated heterocycles. The minimum atomic E-state index is 0.0579. The topological polar surface area (TPSA) is 71.4 Å². The van der Waals surface area contributed by atoms with Crippen LogP contribution in [0, 0.1) is 23.2 Å². The van der Waals surface area contributed by atoms with Gasteiger partial charge in [-0.1, -0.05) is 0 Å². The van der Waals surface area contributed by atoms with Crippen molar-refractivity contribution in [1.29, 1.82) is 5.26 Å². The number of nitrogens with zero attached hydrogens (tertiary/aromatic N) is 3. The zero-order valence-corrected chi connectivity index (χ0v) is 14.2. The standard InChI is InChI=1S/C18H25N5O/c1-20-18(24)23-12-15-10-22(11-16(15)13-23)8-2-7-21-17-5-3-14(9-19)4-6-17/h3-6,15-16,21H,2,7-8,10-13H2,1H3,(H,20,24). The molecule has 0 radical (unpaired) electrons. The van der Waals surface area contributed by atoms with Crippen molar-refractivity contribution in [3.63, 3.8) is 0 Å². The molecule has 2 N–H and O–H groups in total. The molecule has 6 heteroatoms. The van der Waals surface area contributed by atoms with Gasteiger partial charge in [-0.15, -0.1) is 0 Å². The van der Waals surface area contributed by atoms with Crippen molar-refractivity contribution in [1.82, 2.24) is 15.1 Å². The lowest BCUT2D eigenvalue weighted by atomic mass is 10.0. The van der Waals surface area contributed by atoms with E-state index in [0.717, 1.165) is 51.4 Å². The smallest absolute Gasteiger partial charge is 0.317 e. The number of likely N-dealkylation sites (tertiary alicyclic amines) is 2. The first-order valence-corrected chi connectivity index (χ1v) is 8.62. The lowest BCUT2D eigenvalue weighted by molar-refractivity contribution is 0.202. The molecule has 0 spiro atoms. The van der Waals surface area contributed by atoms with Crippen molar-refractivity contribution in [2.45, 2.75) is 6.42 Å². The van der Waals surface area contributed by atoms with E-state index < -0.39 is 0 Å². The first kappa shape index (κ1) is 16.6. The second-order valence-electron chi connectivity index (χ2n) is 6.71. The first-order valence-electron chi connectivity index (χ1n) is 8.62. The summed E-state index contributed by atoms with van der Waals surface area (Å²) in [5, 5.41) is 14.9. The maximum absolute atomic E-state index is 11.7. The molecule has 0 saturated carbocycles. The zero-order valence-electron chi connectivity index (χ0n) is 14.2. The fourth-order valence-electron chi connectivity index (χ4n) is 3.79. The molecule has 2 atom stereocenters. The lowest BCUT2D eigenvalue weighted by Gasteiger charge is -2.21. The number of benzene rings is 1. The van der Waals surface area contributed by atoms with E-state index in [1.165, 1.54) is 0 Å². The summed E-state index contributed by atoms with van der Waals surface area (Å²) in [6, 6.07) is 9.76. The molecule has 0 aromatic heterocycles. The molecule has 0 aliphatic carbocycles. The van der Waals surface area contributed by atoms with E-state index in [0.29, 0.717) is 17.4 Å². The number of carbonyl (C=O) groups is 1. The van der Waals surface area contributed by atoms with Gasteiger partial charge in [-0.05, 0) is 49.1 Å². The summed E-state index contributed by atoms with van der Waals surface area (Å²) in [6.45, 7) is 6.02. The summed E-state index contributed by atoms with van der Waals surface area (Å²) in [6.07, 6.45) is 1.10. The third-order valence-electron chi connectivity index (χ3n) is 5.06. The van der Waals surface area contributed by atoms with Gasteiger partial charge in [0, 0.05) is 45.5 Å². The molecule has 2 unspecified atom stereocenters. The highest BCUT2D eigenvalue weighted by molar-refractivity contribution is 5.74. The molecule has 6 nitrogen and oxygen atoms in total. The van der Waals surface area contributed by atoms with Crippen molar-refractivity contribution in [2.24, 2.45) is 11.8 Å². The predicted molar refractivity (Wildman–Crippen MR) is 93.7 cm³/mol. The third-order valence-corrected chi connectivity index (χ3v) is 5.06. The Bertz CT molecular complexity index is 595. The van der Waals surface area contributed by atoms with Crippen molar-refractivity contribution in [3.8, 4) is 6.07 Å². The van der Waals surface area contributed by atoms with Crippen LogP contribution in [0.5, 0.6) is 0 Å². The summed E-state index contributed by atoms with van der Waals surface area (Å²) in [5.41, 5.74) is 1.75. The third kappa shape index (κ3) is 3.80. The fourth-order valence-corrected chi connectivity index (χ4v) is 3.79. The summed E-state index contributed by atoms with van der Waals surface area (Å²) < 4.78 is 0. The van der Waals surface area contributed by atoms with Crippen molar-refractivity contribution >= 4 is 11.7 Å². The van der Waals surface area contributed by atoms with E-state index in [9.17, 15) is 4.79 Å². The zero-order chi connectivity index (χ0) is 16.9. The number of carbonyl (C=O) groups excluding carboxylic acids is 1. The summed E-state index contributed by atoms with van der Waals surface area (Å²) in [5.74, 6) is 1.27. The molecular weight excluding hydrogens is 302 g/mol. The maximum atomic E-state index is 11.7. The van der Waals surface area contributed by atoms with E-state index in [2.05, 4.69) is 21.6 Å². The fraction of sp³-hybridized carbons (Fsp3) is 0.556. The van der Waals surface area contributed by atoms with Crippen LogP contribution in [0.4, 0.5) is 10.5 Å². The second kappa shape index (κ2) is 7.54. The van der Waals surface area contributed by atoms with E-state index in [1.807, 2.05) is 29.2 Å². The average molecular weight is 327 g/mol. The normalized spacial score (nSPS) is 22.9. The molecule has 1 aromatic carbocycles. The van der Waals surface area contributed by atoms with E-state index >= 15 is 0 Å². The Morgan fingerprint density at radius 3 is 2.46 bits per heavy atom. The van der Waals surface area contributed by atoms with Gasteiger partial charge in [0.15, 0.2) is 0 Å². The van der Waals surface area contributed by atoms with Crippen LogP contribution >= 0.6 is 0 Å². The van der Waals surface area contributed by atoms with Crippen molar-refractivity contribution in [3.05, 3.63) is 29.8 Å². The number of amides is 2. The average Bonchev–Trinajstić information content (AvgIpc) is 3.17. The van der Waals surface area contributed by atoms with Crippen LogP contribution in [0.2, 0.25) is 0 Å². The molecule has 2 amide bonds. The van der Waals surface area contributed by atoms with Crippen LogP contribution in [-0.2, 0) is 0 Å². The molecule has 128 valence electrons. The minimum absolute atomic E-state index is 0.0579. The molecule has 2 heterocycles. The predicted octanol–water partition coefficient (Wildman–Crippen LogP) is 1.56. The van der Waals surface area contributed by atoms with Crippen molar-refractivity contribution in [2.75, 3.05) is 51.6 Å². The van der Waals surface area contributed by atoms with Gasteiger partial charge in [0.05, 0.1) is 11.6 Å².